The van der Waals surface area contributed by atoms with Crippen molar-refractivity contribution < 1.29 is 24.9 Å². The van der Waals surface area contributed by atoms with Gasteiger partial charge in [-0.3, -0.25) is 0 Å². The van der Waals surface area contributed by atoms with Gasteiger partial charge in [-0.15, -0.1) is 0 Å². The largest absolute Gasteiger partial charge is 0.508 e. The van der Waals surface area contributed by atoms with Crippen LogP contribution in [0.2, 0.25) is 0 Å². The number of phenols is 2. The lowest BCUT2D eigenvalue weighted by molar-refractivity contribution is 0.0227. The molecule has 3 N–H and O–H groups in total. The van der Waals surface area contributed by atoms with Crippen molar-refractivity contribution in [3.63, 3.8) is 0 Å². The Morgan fingerprint density at radius 3 is 2.40 bits per heavy atom. The average molecular weight is 350 g/mol. The van der Waals surface area contributed by atoms with Crippen molar-refractivity contribution in [1.29, 1.82) is 0 Å². The Morgan fingerprint density at radius 2 is 1.72 bits per heavy atom. The van der Waals surface area contributed by atoms with Crippen LogP contribution in [0.15, 0.2) is 12.1 Å². The molecule has 0 aliphatic carbocycles. The van der Waals surface area contributed by atoms with Crippen LogP contribution in [-0.4, -0.2) is 33.5 Å². The van der Waals surface area contributed by atoms with Crippen molar-refractivity contribution in [3.8, 4) is 11.5 Å². The van der Waals surface area contributed by atoms with Crippen LogP contribution in [-0.2, 0) is 11.2 Å². The molecule has 2 unspecified atom stereocenters. The minimum Gasteiger partial charge on any atom is -0.508 e. The van der Waals surface area contributed by atoms with Crippen LogP contribution in [0.4, 0.5) is 0 Å². The number of aliphatic hydroxyl groups is 1. The standard InChI is InChI=1S/C20H30O5/c1-14(21)9-7-5-3-2-4-6-8-10-17-12-15-11-16(22)13-18(23)19(15)20(24)25-17/h11,13-14,17,21-23H,2-10,12H2,1H3. The van der Waals surface area contributed by atoms with E-state index >= 15 is 0 Å². The maximum Gasteiger partial charge on any atom is 0.342 e. The van der Waals surface area contributed by atoms with Crippen molar-refractivity contribution in [2.24, 2.45) is 0 Å². The summed E-state index contributed by atoms with van der Waals surface area (Å²) in [5.41, 5.74) is 0.850. The lowest BCUT2D eigenvalue weighted by atomic mass is 9.94. The van der Waals surface area contributed by atoms with E-state index in [1.807, 2.05) is 6.92 Å². The molecular weight excluding hydrogens is 320 g/mol. The Kier molecular flexibility index (Phi) is 7.56. The van der Waals surface area contributed by atoms with Gasteiger partial charge in [0.05, 0.1) is 6.10 Å². The van der Waals surface area contributed by atoms with Crippen LogP contribution in [0.1, 0.15) is 80.6 Å². The maximum absolute atomic E-state index is 12.0. The Bertz CT molecular complexity index is 567. The number of unbranched alkanes of at least 4 members (excludes halogenated alkanes) is 6. The van der Waals surface area contributed by atoms with Gasteiger partial charge < -0.3 is 20.1 Å². The first-order valence-corrected chi connectivity index (χ1v) is 9.41. The van der Waals surface area contributed by atoms with Crippen LogP contribution >= 0.6 is 0 Å². The number of carbonyl (C=O) groups is 1. The summed E-state index contributed by atoms with van der Waals surface area (Å²) in [5, 5.41) is 28.6. The van der Waals surface area contributed by atoms with Crippen LogP contribution in [0.3, 0.4) is 0 Å². The summed E-state index contributed by atoms with van der Waals surface area (Å²) in [7, 11) is 0. The van der Waals surface area contributed by atoms with E-state index in [0.717, 1.165) is 32.1 Å². The number of carbonyl (C=O) groups excluding carboxylic acids is 1. The first kappa shape index (κ1) is 19.6. The van der Waals surface area contributed by atoms with E-state index in [4.69, 9.17) is 4.74 Å². The van der Waals surface area contributed by atoms with Gasteiger partial charge in [0.15, 0.2) is 0 Å². The number of cyclic esters (lactones) is 1. The van der Waals surface area contributed by atoms with Gasteiger partial charge >= 0.3 is 5.97 Å². The normalized spacial score (nSPS) is 17.8. The summed E-state index contributed by atoms with van der Waals surface area (Å²) in [6.07, 6.45) is 9.85. The summed E-state index contributed by atoms with van der Waals surface area (Å²) >= 11 is 0. The van der Waals surface area contributed by atoms with Gasteiger partial charge in [0, 0.05) is 12.5 Å². The van der Waals surface area contributed by atoms with Crippen molar-refractivity contribution in [2.75, 3.05) is 0 Å². The molecule has 2 atom stereocenters. The maximum atomic E-state index is 12.0. The topological polar surface area (TPSA) is 87.0 Å². The predicted molar refractivity (Wildman–Crippen MR) is 95.9 cm³/mol. The number of hydrogen-bond acceptors (Lipinski definition) is 5. The SMILES string of the molecule is CC(O)CCCCCCCCCC1Cc2cc(O)cc(O)c2C(=O)O1. The van der Waals surface area contributed by atoms with Crippen LogP contribution in [0.25, 0.3) is 0 Å². The summed E-state index contributed by atoms with van der Waals surface area (Å²) in [4.78, 5) is 12.0. The van der Waals surface area contributed by atoms with E-state index < -0.39 is 5.97 Å². The number of aliphatic hydroxyl groups excluding tert-OH is 1. The highest BCUT2D eigenvalue weighted by Gasteiger charge is 2.29. The number of aromatic hydroxyl groups is 2. The summed E-state index contributed by atoms with van der Waals surface area (Å²) in [5.74, 6) is -0.740. The molecule has 0 saturated carbocycles. The van der Waals surface area contributed by atoms with Crippen molar-refractivity contribution in [3.05, 3.63) is 23.3 Å². The number of benzene rings is 1. The van der Waals surface area contributed by atoms with E-state index in [1.165, 1.54) is 37.8 Å². The second kappa shape index (κ2) is 9.66. The molecule has 0 spiro atoms. The van der Waals surface area contributed by atoms with Gasteiger partial charge in [-0.25, -0.2) is 4.79 Å². The number of esters is 1. The molecule has 5 nitrogen and oxygen atoms in total. The van der Waals surface area contributed by atoms with E-state index in [-0.39, 0.29) is 29.3 Å². The lowest BCUT2D eigenvalue weighted by Crippen LogP contribution is -2.27. The van der Waals surface area contributed by atoms with Gasteiger partial charge in [-0.2, -0.15) is 0 Å². The van der Waals surface area contributed by atoms with Gasteiger partial charge in [-0.05, 0) is 37.8 Å². The Hall–Kier alpha value is -1.75. The number of ether oxygens (including phenoxy) is 1. The highest BCUT2D eigenvalue weighted by Crippen LogP contribution is 2.33. The third-order valence-corrected chi connectivity index (χ3v) is 4.76. The molecule has 1 heterocycles. The number of rotatable bonds is 10. The minimum atomic E-state index is -0.498. The summed E-state index contributed by atoms with van der Waals surface area (Å²) in [6, 6.07) is 2.71. The molecule has 5 heteroatoms. The molecule has 0 radical (unpaired) electrons. The Labute approximate surface area is 149 Å². The fourth-order valence-electron chi connectivity index (χ4n) is 3.42. The first-order chi connectivity index (χ1) is 12.0. The molecule has 0 fully saturated rings. The summed E-state index contributed by atoms with van der Waals surface area (Å²) < 4.78 is 5.41. The zero-order valence-corrected chi connectivity index (χ0v) is 15.0. The van der Waals surface area contributed by atoms with E-state index in [1.54, 1.807) is 0 Å². The van der Waals surface area contributed by atoms with Crippen LogP contribution in [0.5, 0.6) is 11.5 Å². The monoisotopic (exact) mass is 350 g/mol. The van der Waals surface area contributed by atoms with E-state index in [0.29, 0.717) is 12.0 Å². The molecule has 1 aromatic rings. The average Bonchev–Trinajstić information content (AvgIpc) is 2.51. The van der Waals surface area contributed by atoms with Gasteiger partial charge in [0.25, 0.3) is 0 Å². The zero-order valence-electron chi connectivity index (χ0n) is 15.0. The molecule has 2 rings (SSSR count). The highest BCUT2D eigenvalue weighted by molar-refractivity contribution is 5.95. The second-order valence-corrected chi connectivity index (χ2v) is 7.13. The number of phenolic OH excluding ortho intramolecular Hbond substituents is 2. The van der Waals surface area contributed by atoms with E-state index in [2.05, 4.69) is 0 Å². The molecule has 1 aliphatic rings. The van der Waals surface area contributed by atoms with Crippen molar-refractivity contribution in [2.45, 2.75) is 83.3 Å². The van der Waals surface area contributed by atoms with E-state index in [9.17, 15) is 20.1 Å². The molecule has 1 aromatic carbocycles. The van der Waals surface area contributed by atoms with Crippen molar-refractivity contribution in [1.82, 2.24) is 0 Å². The zero-order chi connectivity index (χ0) is 18.2. The van der Waals surface area contributed by atoms with Gasteiger partial charge in [0.2, 0.25) is 0 Å². The molecule has 25 heavy (non-hydrogen) atoms. The lowest BCUT2D eigenvalue weighted by Gasteiger charge is -2.25. The summed E-state index contributed by atoms with van der Waals surface area (Å²) in [6.45, 7) is 1.83. The predicted octanol–water partition coefficient (Wildman–Crippen LogP) is 4.07. The Balaban J connectivity index is 1.63. The quantitative estimate of drug-likeness (QED) is 0.437. The number of fused-ring (bicyclic) bond motifs is 1. The first-order valence-electron chi connectivity index (χ1n) is 9.41. The molecule has 0 bridgehead atoms. The number of hydrogen-bond donors (Lipinski definition) is 3. The van der Waals surface area contributed by atoms with Crippen molar-refractivity contribution >= 4 is 5.97 Å². The third-order valence-electron chi connectivity index (χ3n) is 4.76. The molecule has 0 saturated heterocycles. The Morgan fingerprint density at radius 1 is 1.08 bits per heavy atom. The van der Waals surface area contributed by atoms with Gasteiger partial charge in [-0.1, -0.05) is 38.5 Å². The molecular formula is C20H30O5. The minimum absolute atomic E-state index is 0.0275. The van der Waals surface area contributed by atoms with Crippen LogP contribution in [0, 0.1) is 0 Å². The fraction of sp³-hybridized carbons (Fsp3) is 0.650. The third kappa shape index (κ3) is 6.24. The molecule has 1 aliphatic heterocycles. The molecule has 140 valence electrons. The second-order valence-electron chi connectivity index (χ2n) is 7.13. The smallest absolute Gasteiger partial charge is 0.342 e. The highest BCUT2D eigenvalue weighted by atomic mass is 16.5. The van der Waals surface area contributed by atoms with Crippen LogP contribution < -0.4 is 0 Å². The van der Waals surface area contributed by atoms with Gasteiger partial charge in [0.1, 0.15) is 23.2 Å². The fourth-order valence-corrected chi connectivity index (χ4v) is 3.42. The molecule has 0 amide bonds. The molecule has 0 aromatic heterocycles.